The molecule has 8 rings (SSSR count). The van der Waals surface area contributed by atoms with Crippen molar-refractivity contribution in [3.8, 4) is 28.3 Å². The summed E-state index contributed by atoms with van der Waals surface area (Å²) in [5.74, 6) is -1.25. The number of H-pyrrole nitrogens is 1. The lowest BCUT2D eigenvalue weighted by molar-refractivity contribution is 0.0599. The van der Waals surface area contributed by atoms with Crippen molar-refractivity contribution in [3.63, 3.8) is 0 Å². The van der Waals surface area contributed by atoms with Crippen LogP contribution in [-0.4, -0.2) is 38.7 Å². The van der Waals surface area contributed by atoms with Gasteiger partial charge in [0.05, 0.1) is 35.1 Å². The number of carboxylic acid groups (broad SMARTS) is 1. The second-order valence-corrected chi connectivity index (χ2v) is 12.0. The van der Waals surface area contributed by atoms with E-state index in [2.05, 4.69) is 85.2 Å². The number of aromatic amines is 1. The Morgan fingerprint density at radius 2 is 1.40 bits per heavy atom. The molecule has 0 amide bonds. The number of benzene rings is 5. The van der Waals surface area contributed by atoms with Crippen molar-refractivity contribution in [1.82, 2.24) is 14.5 Å². The fourth-order valence-electron chi connectivity index (χ4n) is 5.49. The average molecular weight is 723 g/mol. The minimum Gasteiger partial charge on any atom is -0.478 e. The average Bonchev–Trinajstić information content (AvgIpc) is 3.78. The van der Waals surface area contributed by atoms with E-state index in [1.165, 1.54) is 29.3 Å². The summed E-state index contributed by atoms with van der Waals surface area (Å²) in [4.78, 5) is 30.1. The molecule has 0 radical (unpaired) electrons. The van der Waals surface area contributed by atoms with E-state index in [0.29, 0.717) is 5.56 Å². The maximum Gasteiger partial charge on any atom is 0.337 e. The van der Waals surface area contributed by atoms with Crippen molar-refractivity contribution >= 4 is 49.7 Å². The van der Waals surface area contributed by atoms with Gasteiger partial charge in [0.25, 0.3) is 0 Å². The zero-order valence-corrected chi connectivity index (χ0v) is 28.6. The number of halogens is 1. The standard InChI is InChI=1S/C20H14N2O2.C14H11N.C8H7BrO2/c23-20(24)15-7-5-8-16(12-15)22-18-10-2-1-6-14(18)13-19(22)17-9-3-4-11-21-17;1-2-6-11(7-3-1)14-10-12-8-4-5-9-13(12)15-14;1-11-8(10)6-3-2-4-7(9)5-6/h1-13H,(H,23,24);1-10,15H;2-5H,1H3. The van der Waals surface area contributed by atoms with Gasteiger partial charge in [-0.3, -0.25) is 4.98 Å². The van der Waals surface area contributed by atoms with Gasteiger partial charge in [0.15, 0.2) is 0 Å². The number of pyridine rings is 1. The molecule has 0 unspecified atom stereocenters. The second-order valence-electron chi connectivity index (χ2n) is 11.1. The van der Waals surface area contributed by atoms with Gasteiger partial charge in [0.1, 0.15) is 0 Å². The molecule has 8 heteroatoms. The number of carboxylic acids is 1. The molecule has 2 N–H and O–H groups in total. The summed E-state index contributed by atoms with van der Waals surface area (Å²) in [7, 11) is 1.36. The first kappa shape index (κ1) is 33.6. The zero-order chi connectivity index (χ0) is 34.9. The van der Waals surface area contributed by atoms with Crippen molar-refractivity contribution in [2.45, 2.75) is 0 Å². The van der Waals surface area contributed by atoms with Crippen LogP contribution in [0.15, 0.2) is 168 Å². The first-order chi connectivity index (χ1) is 24.4. The normalized spacial score (nSPS) is 10.4. The minimum absolute atomic E-state index is 0.261. The SMILES string of the molecule is COC(=O)c1cccc(Br)c1.O=C(O)c1cccc(-n2c(-c3ccccn3)cc3ccccc32)c1.c1ccc(-c2cc3ccccc3[nH]2)cc1. The number of rotatable bonds is 5. The molecule has 0 saturated heterocycles. The Bertz CT molecular complexity index is 2350. The highest BCUT2D eigenvalue weighted by Crippen LogP contribution is 2.31. The molecule has 246 valence electrons. The second kappa shape index (κ2) is 15.8. The molecule has 50 heavy (non-hydrogen) atoms. The van der Waals surface area contributed by atoms with E-state index in [4.69, 9.17) is 0 Å². The highest BCUT2D eigenvalue weighted by Gasteiger charge is 2.14. The molecule has 5 aromatic carbocycles. The molecule has 8 aromatic rings. The number of esters is 1. The lowest BCUT2D eigenvalue weighted by Crippen LogP contribution is -2.01. The first-order valence-corrected chi connectivity index (χ1v) is 16.5. The number of carbonyl (C=O) groups excluding carboxylic acids is 1. The van der Waals surface area contributed by atoms with Gasteiger partial charge < -0.3 is 19.4 Å². The van der Waals surface area contributed by atoms with Gasteiger partial charge in [0.2, 0.25) is 0 Å². The Morgan fingerprint density at radius 3 is 2.12 bits per heavy atom. The third-order valence-electron chi connectivity index (χ3n) is 7.85. The van der Waals surface area contributed by atoms with Gasteiger partial charge in [-0.15, -0.1) is 0 Å². The van der Waals surface area contributed by atoms with E-state index in [0.717, 1.165) is 32.5 Å². The summed E-state index contributed by atoms with van der Waals surface area (Å²) in [6.45, 7) is 0. The molecule has 0 aliphatic heterocycles. The van der Waals surface area contributed by atoms with Crippen LogP contribution >= 0.6 is 15.9 Å². The van der Waals surface area contributed by atoms with Crippen molar-refractivity contribution in [3.05, 3.63) is 180 Å². The number of ether oxygens (including phenoxy) is 1. The summed E-state index contributed by atoms with van der Waals surface area (Å²) in [6, 6.07) is 50.8. The summed E-state index contributed by atoms with van der Waals surface area (Å²) in [6.07, 6.45) is 1.75. The predicted molar refractivity (Wildman–Crippen MR) is 203 cm³/mol. The van der Waals surface area contributed by atoms with E-state index in [1.54, 1.807) is 42.6 Å². The van der Waals surface area contributed by atoms with Crippen LogP contribution in [-0.2, 0) is 4.74 Å². The molecule has 3 aromatic heterocycles. The lowest BCUT2D eigenvalue weighted by atomic mass is 10.1. The van der Waals surface area contributed by atoms with Gasteiger partial charge in [0, 0.05) is 38.3 Å². The molecule has 0 fully saturated rings. The molecule has 0 aliphatic rings. The summed E-state index contributed by atoms with van der Waals surface area (Å²) < 4.78 is 7.45. The van der Waals surface area contributed by atoms with Gasteiger partial charge in [-0.05, 0) is 78.4 Å². The van der Waals surface area contributed by atoms with Crippen LogP contribution in [0, 0.1) is 0 Å². The summed E-state index contributed by atoms with van der Waals surface area (Å²) in [5, 5.41) is 11.6. The van der Waals surface area contributed by atoms with Gasteiger partial charge in [-0.1, -0.05) is 101 Å². The van der Waals surface area contributed by atoms with Crippen LogP contribution in [0.2, 0.25) is 0 Å². The molecule has 7 nitrogen and oxygen atoms in total. The van der Waals surface area contributed by atoms with E-state index in [1.807, 2.05) is 71.3 Å². The molecule has 0 atom stereocenters. The van der Waals surface area contributed by atoms with E-state index in [9.17, 15) is 14.7 Å². The number of para-hydroxylation sites is 2. The molecule has 0 bridgehead atoms. The Kier molecular flexibility index (Phi) is 10.6. The van der Waals surface area contributed by atoms with Crippen molar-refractivity contribution in [2.24, 2.45) is 0 Å². The largest absolute Gasteiger partial charge is 0.478 e. The van der Waals surface area contributed by atoms with Gasteiger partial charge in [-0.2, -0.15) is 0 Å². The fraction of sp³-hybridized carbons (Fsp3) is 0.0238. The van der Waals surface area contributed by atoms with Crippen molar-refractivity contribution in [2.75, 3.05) is 7.11 Å². The molecular formula is C42H32BrN3O4. The Labute approximate surface area is 297 Å². The Hall–Kier alpha value is -6.25. The maximum atomic E-state index is 11.3. The van der Waals surface area contributed by atoms with E-state index < -0.39 is 5.97 Å². The van der Waals surface area contributed by atoms with Crippen molar-refractivity contribution < 1.29 is 19.4 Å². The molecule has 0 aliphatic carbocycles. The number of nitrogens with zero attached hydrogens (tertiary/aromatic N) is 2. The Balaban J connectivity index is 0.000000142. The maximum absolute atomic E-state index is 11.3. The number of nitrogens with one attached hydrogen (secondary N) is 1. The predicted octanol–water partition coefficient (Wildman–Crippen LogP) is 10.5. The number of aromatic nitrogens is 3. The topological polar surface area (TPSA) is 97.2 Å². The quantitative estimate of drug-likeness (QED) is 0.172. The molecule has 0 saturated carbocycles. The molecule has 0 spiro atoms. The van der Waals surface area contributed by atoms with Crippen LogP contribution in [0.5, 0.6) is 0 Å². The number of aromatic carboxylic acids is 1. The molecular weight excluding hydrogens is 690 g/mol. The number of fused-ring (bicyclic) bond motifs is 2. The van der Waals surface area contributed by atoms with Crippen LogP contribution in [0.25, 0.3) is 50.1 Å². The van der Waals surface area contributed by atoms with Crippen LogP contribution in [0.1, 0.15) is 20.7 Å². The van der Waals surface area contributed by atoms with Gasteiger partial charge >= 0.3 is 11.9 Å². The minimum atomic E-state index is -0.937. The zero-order valence-electron chi connectivity index (χ0n) is 27.0. The molecule has 3 heterocycles. The monoisotopic (exact) mass is 721 g/mol. The third-order valence-corrected chi connectivity index (χ3v) is 8.34. The Morgan fingerprint density at radius 1 is 0.700 bits per heavy atom. The summed E-state index contributed by atoms with van der Waals surface area (Å²) >= 11 is 3.25. The van der Waals surface area contributed by atoms with Crippen molar-refractivity contribution in [1.29, 1.82) is 0 Å². The van der Waals surface area contributed by atoms with Gasteiger partial charge in [-0.25, -0.2) is 9.59 Å². The number of carbonyl (C=O) groups is 2. The van der Waals surface area contributed by atoms with Crippen LogP contribution in [0.4, 0.5) is 0 Å². The van der Waals surface area contributed by atoms with Crippen LogP contribution < -0.4 is 0 Å². The number of hydrogen-bond acceptors (Lipinski definition) is 4. The first-order valence-electron chi connectivity index (χ1n) is 15.7. The smallest absolute Gasteiger partial charge is 0.337 e. The van der Waals surface area contributed by atoms with E-state index >= 15 is 0 Å². The fourth-order valence-corrected chi connectivity index (χ4v) is 5.89. The highest BCUT2D eigenvalue weighted by atomic mass is 79.9. The highest BCUT2D eigenvalue weighted by molar-refractivity contribution is 9.10. The summed E-state index contributed by atoms with van der Waals surface area (Å²) in [5.41, 5.74) is 8.01. The van der Waals surface area contributed by atoms with E-state index in [-0.39, 0.29) is 11.5 Å². The lowest BCUT2D eigenvalue weighted by Gasteiger charge is -2.11. The third kappa shape index (κ3) is 7.89. The van der Waals surface area contributed by atoms with Crippen LogP contribution in [0.3, 0.4) is 0 Å². The number of methoxy groups -OCH3 is 1. The number of hydrogen-bond donors (Lipinski definition) is 2.